The second-order valence-electron chi connectivity index (χ2n) is 7.15. The summed E-state index contributed by atoms with van der Waals surface area (Å²) in [4.78, 5) is 29.5. The number of halogens is 2. The van der Waals surface area contributed by atoms with Crippen LogP contribution in [0.4, 0.5) is 9.59 Å². The van der Waals surface area contributed by atoms with Crippen molar-refractivity contribution in [2.24, 2.45) is 0 Å². The van der Waals surface area contributed by atoms with Crippen LogP contribution in [0.1, 0.15) is 47.1 Å². The van der Waals surface area contributed by atoms with E-state index in [4.69, 9.17) is 32.7 Å². The minimum Gasteiger partial charge on any atom is -0.443 e. The molecule has 1 aromatic heterocycles. The van der Waals surface area contributed by atoms with Gasteiger partial charge in [-0.05, 0) is 53.2 Å². The molecule has 0 aromatic carbocycles. The average molecular weight is 377 g/mol. The Balaban J connectivity index is 3.10. The molecule has 0 bridgehead atoms. The summed E-state index contributed by atoms with van der Waals surface area (Å²) in [5.41, 5.74) is -1.08. The molecule has 134 valence electrons. The van der Waals surface area contributed by atoms with Crippen molar-refractivity contribution in [3.63, 3.8) is 0 Å². The molecule has 0 radical (unpaired) electrons. The zero-order chi connectivity index (χ0) is 18.7. The van der Waals surface area contributed by atoms with Gasteiger partial charge >= 0.3 is 12.2 Å². The third kappa shape index (κ3) is 6.93. The van der Waals surface area contributed by atoms with Gasteiger partial charge in [-0.25, -0.2) is 19.5 Å². The monoisotopic (exact) mass is 376 g/mol. The Morgan fingerprint density at radius 3 is 1.92 bits per heavy atom. The summed E-state index contributed by atoms with van der Waals surface area (Å²) in [5.74, 6) is 0. The molecule has 0 fully saturated rings. The summed E-state index contributed by atoms with van der Waals surface area (Å²) in [6, 6.07) is 1.48. The summed E-state index contributed by atoms with van der Waals surface area (Å²) < 4.78 is 10.5. The van der Waals surface area contributed by atoms with Crippen molar-refractivity contribution < 1.29 is 19.1 Å². The molecule has 6 nitrogen and oxygen atoms in total. The zero-order valence-corrected chi connectivity index (χ0v) is 16.2. The first-order valence-corrected chi connectivity index (χ1v) is 8.07. The number of imide groups is 1. The number of carbonyl (C=O) groups excluding carboxylic acids is 2. The Hall–Kier alpha value is -1.53. The number of amides is 2. The molecular weight excluding hydrogens is 355 g/mol. The Morgan fingerprint density at radius 1 is 1.04 bits per heavy atom. The highest BCUT2D eigenvalue weighted by atomic mass is 35.5. The molecule has 0 saturated carbocycles. The van der Waals surface area contributed by atoms with Gasteiger partial charge in [0.25, 0.3) is 0 Å². The van der Waals surface area contributed by atoms with Crippen LogP contribution in [0.15, 0.2) is 12.3 Å². The van der Waals surface area contributed by atoms with Crippen molar-refractivity contribution in [3.8, 4) is 0 Å². The van der Waals surface area contributed by atoms with Crippen molar-refractivity contribution in [2.45, 2.75) is 59.3 Å². The van der Waals surface area contributed by atoms with Crippen LogP contribution in [0.3, 0.4) is 0 Å². The fourth-order valence-electron chi connectivity index (χ4n) is 1.58. The van der Waals surface area contributed by atoms with Crippen molar-refractivity contribution in [1.82, 2.24) is 9.88 Å². The first-order chi connectivity index (χ1) is 10.8. The van der Waals surface area contributed by atoms with Crippen molar-refractivity contribution in [2.75, 3.05) is 0 Å². The van der Waals surface area contributed by atoms with E-state index in [1.54, 1.807) is 41.5 Å². The van der Waals surface area contributed by atoms with Gasteiger partial charge in [0.15, 0.2) is 0 Å². The van der Waals surface area contributed by atoms with Gasteiger partial charge in [0.1, 0.15) is 16.4 Å². The maximum Gasteiger partial charge on any atom is 0.420 e. The summed E-state index contributed by atoms with van der Waals surface area (Å²) in [7, 11) is 0. The van der Waals surface area contributed by atoms with Crippen LogP contribution < -0.4 is 0 Å². The number of carbonyl (C=O) groups is 2. The van der Waals surface area contributed by atoms with E-state index in [0.717, 1.165) is 4.90 Å². The van der Waals surface area contributed by atoms with Crippen LogP contribution in [0.25, 0.3) is 0 Å². The van der Waals surface area contributed by atoms with Crippen LogP contribution in [-0.4, -0.2) is 33.3 Å². The number of nitrogens with zero attached hydrogens (tertiary/aromatic N) is 2. The van der Waals surface area contributed by atoms with Gasteiger partial charge in [-0.3, -0.25) is 0 Å². The van der Waals surface area contributed by atoms with E-state index in [0.29, 0.717) is 5.56 Å². The maximum absolute atomic E-state index is 12.4. The highest BCUT2D eigenvalue weighted by Gasteiger charge is 2.31. The van der Waals surface area contributed by atoms with Gasteiger partial charge < -0.3 is 9.47 Å². The first kappa shape index (κ1) is 20.5. The molecule has 0 spiro atoms. The Kier molecular flexibility index (Phi) is 6.47. The average Bonchev–Trinajstić information content (AvgIpc) is 2.35. The first-order valence-electron chi connectivity index (χ1n) is 7.32. The van der Waals surface area contributed by atoms with Gasteiger partial charge in [0, 0.05) is 6.20 Å². The SMILES string of the molecule is CC(C)(C)OC(=O)N(Cc1cc(Cl)ncc1Cl)C(=O)OC(C)(C)C. The van der Waals surface area contributed by atoms with E-state index in [9.17, 15) is 9.59 Å². The minimum atomic E-state index is -0.833. The van der Waals surface area contributed by atoms with Crippen LogP contribution in [-0.2, 0) is 16.0 Å². The lowest BCUT2D eigenvalue weighted by Gasteiger charge is -2.28. The zero-order valence-electron chi connectivity index (χ0n) is 14.6. The smallest absolute Gasteiger partial charge is 0.420 e. The van der Waals surface area contributed by atoms with E-state index >= 15 is 0 Å². The molecule has 0 saturated heterocycles. The third-order valence-corrected chi connectivity index (χ3v) is 3.00. The minimum absolute atomic E-state index is 0.148. The summed E-state index contributed by atoms with van der Waals surface area (Å²) in [6.07, 6.45) is -0.316. The third-order valence-electron chi connectivity index (χ3n) is 2.46. The molecule has 1 rings (SSSR count). The molecule has 0 atom stereocenters. The predicted octanol–water partition coefficient (Wildman–Crippen LogP) is 5.06. The second-order valence-corrected chi connectivity index (χ2v) is 7.94. The van der Waals surface area contributed by atoms with Crippen molar-refractivity contribution in [3.05, 3.63) is 28.0 Å². The topological polar surface area (TPSA) is 68.7 Å². The van der Waals surface area contributed by atoms with Crippen molar-refractivity contribution in [1.29, 1.82) is 0 Å². The van der Waals surface area contributed by atoms with Crippen LogP contribution in [0.2, 0.25) is 10.2 Å². The number of hydrogen-bond donors (Lipinski definition) is 0. The molecule has 1 aromatic rings. The molecule has 0 aliphatic heterocycles. The standard InChI is InChI=1S/C16H22Cl2N2O4/c1-15(2,3)23-13(21)20(14(22)24-16(4,5)6)9-10-7-12(18)19-8-11(10)17/h7-8H,9H2,1-6H3. The van der Waals surface area contributed by atoms with Gasteiger partial charge in [-0.15, -0.1) is 0 Å². The lowest BCUT2D eigenvalue weighted by Crippen LogP contribution is -2.43. The van der Waals surface area contributed by atoms with E-state index in [2.05, 4.69) is 4.98 Å². The van der Waals surface area contributed by atoms with Gasteiger partial charge in [-0.2, -0.15) is 0 Å². The highest BCUT2D eigenvalue weighted by Crippen LogP contribution is 2.22. The van der Waals surface area contributed by atoms with Crippen molar-refractivity contribution >= 4 is 35.4 Å². The van der Waals surface area contributed by atoms with Crippen LogP contribution >= 0.6 is 23.2 Å². The summed E-state index contributed by atoms with van der Waals surface area (Å²) >= 11 is 11.9. The van der Waals surface area contributed by atoms with E-state index < -0.39 is 23.4 Å². The number of rotatable bonds is 2. The molecule has 0 N–H and O–H groups in total. The summed E-state index contributed by atoms with van der Waals surface area (Å²) in [6.45, 7) is 10.1. The Morgan fingerprint density at radius 2 is 1.50 bits per heavy atom. The maximum atomic E-state index is 12.4. The van der Waals surface area contributed by atoms with E-state index in [-0.39, 0.29) is 16.7 Å². The number of hydrogen-bond acceptors (Lipinski definition) is 5. The molecule has 24 heavy (non-hydrogen) atoms. The predicted molar refractivity (Wildman–Crippen MR) is 92.3 cm³/mol. The van der Waals surface area contributed by atoms with E-state index in [1.165, 1.54) is 12.3 Å². The largest absolute Gasteiger partial charge is 0.443 e. The Bertz CT molecular complexity index is 593. The lowest BCUT2D eigenvalue weighted by atomic mass is 10.2. The molecule has 1 heterocycles. The van der Waals surface area contributed by atoms with Gasteiger partial charge in [0.05, 0.1) is 11.6 Å². The Labute approximate surface area is 152 Å². The number of ether oxygens (including phenoxy) is 2. The molecular formula is C16H22Cl2N2O4. The van der Waals surface area contributed by atoms with E-state index in [1.807, 2.05) is 0 Å². The fraction of sp³-hybridized carbons (Fsp3) is 0.562. The molecule has 0 aliphatic rings. The molecule has 2 amide bonds. The normalized spacial score (nSPS) is 11.8. The second kappa shape index (κ2) is 7.57. The quantitative estimate of drug-likeness (QED) is 0.674. The molecule has 8 heteroatoms. The highest BCUT2D eigenvalue weighted by molar-refractivity contribution is 6.32. The lowest BCUT2D eigenvalue weighted by molar-refractivity contribution is -0.000240. The van der Waals surface area contributed by atoms with Crippen LogP contribution in [0, 0.1) is 0 Å². The number of aromatic nitrogens is 1. The van der Waals surface area contributed by atoms with Gasteiger partial charge in [0.2, 0.25) is 0 Å². The summed E-state index contributed by atoms with van der Waals surface area (Å²) in [5, 5.41) is 0.472. The van der Waals surface area contributed by atoms with Crippen LogP contribution in [0.5, 0.6) is 0 Å². The van der Waals surface area contributed by atoms with Gasteiger partial charge in [-0.1, -0.05) is 23.2 Å². The molecule has 0 unspecified atom stereocenters. The number of pyridine rings is 1. The fourth-order valence-corrected chi connectivity index (χ4v) is 1.92. The molecule has 0 aliphatic carbocycles.